The Labute approximate surface area is 113 Å². The van der Waals surface area contributed by atoms with Gasteiger partial charge in [0.1, 0.15) is 5.82 Å². The summed E-state index contributed by atoms with van der Waals surface area (Å²) in [6, 6.07) is 4.63. The molecule has 0 saturated carbocycles. The maximum atomic E-state index is 13.6. The second-order valence-electron chi connectivity index (χ2n) is 4.93. The zero-order valence-corrected chi connectivity index (χ0v) is 11.7. The fourth-order valence-electron chi connectivity index (χ4n) is 2.34. The van der Waals surface area contributed by atoms with Crippen molar-refractivity contribution in [2.75, 3.05) is 0 Å². The highest BCUT2D eigenvalue weighted by Crippen LogP contribution is 2.30. The van der Waals surface area contributed by atoms with Crippen LogP contribution in [0.5, 0.6) is 0 Å². The monoisotopic (exact) mass is 261 g/mol. The first-order chi connectivity index (χ1) is 9.02. The lowest BCUT2D eigenvalue weighted by Gasteiger charge is -2.12. The molecule has 0 radical (unpaired) electrons. The second-order valence-corrected chi connectivity index (χ2v) is 4.93. The zero-order chi connectivity index (χ0) is 14.0. The minimum atomic E-state index is -0.245. The molecule has 1 heterocycles. The van der Waals surface area contributed by atoms with Gasteiger partial charge in [0.05, 0.1) is 5.69 Å². The summed E-state index contributed by atoms with van der Waals surface area (Å²) in [5, 5.41) is 4.46. The Kier molecular flexibility index (Phi) is 4.00. The molecule has 1 aromatic heterocycles. The Balaban J connectivity index is 2.60. The van der Waals surface area contributed by atoms with E-state index in [4.69, 9.17) is 5.73 Å². The molecular formula is C15H20FN3. The molecule has 2 aromatic rings. The SMILES string of the molecule is CCCc1nn(C)cc1-c1cc(F)ccc1C(C)N. The van der Waals surface area contributed by atoms with E-state index in [-0.39, 0.29) is 11.9 Å². The largest absolute Gasteiger partial charge is 0.324 e. The third-order valence-corrected chi connectivity index (χ3v) is 3.19. The average Bonchev–Trinajstić information content (AvgIpc) is 2.70. The molecular weight excluding hydrogens is 241 g/mol. The van der Waals surface area contributed by atoms with Crippen LogP contribution in [-0.2, 0) is 13.5 Å². The molecule has 19 heavy (non-hydrogen) atoms. The molecule has 1 atom stereocenters. The number of rotatable bonds is 4. The van der Waals surface area contributed by atoms with Crippen LogP contribution in [0, 0.1) is 5.82 Å². The lowest BCUT2D eigenvalue weighted by Crippen LogP contribution is -2.07. The smallest absolute Gasteiger partial charge is 0.123 e. The van der Waals surface area contributed by atoms with Crippen molar-refractivity contribution in [2.45, 2.75) is 32.7 Å². The highest BCUT2D eigenvalue weighted by atomic mass is 19.1. The molecule has 1 unspecified atom stereocenters. The Hall–Kier alpha value is -1.68. The van der Waals surface area contributed by atoms with Gasteiger partial charge in [-0.3, -0.25) is 4.68 Å². The Morgan fingerprint density at radius 2 is 2.11 bits per heavy atom. The molecule has 0 bridgehead atoms. The molecule has 2 rings (SSSR count). The molecule has 0 aliphatic carbocycles. The van der Waals surface area contributed by atoms with Crippen molar-refractivity contribution in [3.05, 3.63) is 41.5 Å². The van der Waals surface area contributed by atoms with Crippen LogP contribution in [0.1, 0.15) is 37.6 Å². The van der Waals surface area contributed by atoms with Gasteiger partial charge in [0.15, 0.2) is 0 Å². The summed E-state index contributed by atoms with van der Waals surface area (Å²) >= 11 is 0. The van der Waals surface area contributed by atoms with Crippen LogP contribution < -0.4 is 5.73 Å². The van der Waals surface area contributed by atoms with Crippen molar-refractivity contribution in [1.82, 2.24) is 9.78 Å². The van der Waals surface area contributed by atoms with Gasteiger partial charge in [-0.05, 0) is 36.6 Å². The molecule has 102 valence electrons. The number of nitrogens with zero attached hydrogens (tertiary/aromatic N) is 2. The molecule has 1 aromatic carbocycles. The third kappa shape index (κ3) is 2.84. The Bertz CT molecular complexity index is 573. The number of halogens is 1. The van der Waals surface area contributed by atoms with E-state index >= 15 is 0 Å². The normalized spacial score (nSPS) is 12.7. The maximum Gasteiger partial charge on any atom is 0.123 e. The molecule has 0 fully saturated rings. The van der Waals surface area contributed by atoms with E-state index in [9.17, 15) is 4.39 Å². The number of aryl methyl sites for hydroxylation is 2. The van der Waals surface area contributed by atoms with Gasteiger partial charge in [-0.1, -0.05) is 19.4 Å². The Morgan fingerprint density at radius 1 is 1.37 bits per heavy atom. The molecule has 0 amide bonds. The van der Waals surface area contributed by atoms with Gasteiger partial charge in [0.2, 0.25) is 0 Å². The lowest BCUT2D eigenvalue weighted by atomic mass is 9.95. The third-order valence-electron chi connectivity index (χ3n) is 3.19. The van der Waals surface area contributed by atoms with Gasteiger partial charge in [-0.25, -0.2) is 4.39 Å². The number of benzene rings is 1. The average molecular weight is 261 g/mol. The van der Waals surface area contributed by atoms with Crippen molar-refractivity contribution in [3.8, 4) is 11.1 Å². The number of hydrogen-bond acceptors (Lipinski definition) is 2. The van der Waals surface area contributed by atoms with Crippen LogP contribution in [0.3, 0.4) is 0 Å². The minimum absolute atomic E-state index is 0.134. The summed E-state index contributed by atoms with van der Waals surface area (Å²) in [5.41, 5.74) is 9.77. The molecule has 0 aliphatic heterocycles. The van der Waals surface area contributed by atoms with Crippen molar-refractivity contribution in [2.24, 2.45) is 12.8 Å². The summed E-state index contributed by atoms with van der Waals surface area (Å²) in [4.78, 5) is 0. The molecule has 3 nitrogen and oxygen atoms in total. The lowest BCUT2D eigenvalue weighted by molar-refractivity contribution is 0.626. The van der Waals surface area contributed by atoms with E-state index in [1.54, 1.807) is 16.8 Å². The van der Waals surface area contributed by atoms with Crippen LogP contribution in [0.4, 0.5) is 4.39 Å². The van der Waals surface area contributed by atoms with E-state index in [1.165, 1.54) is 6.07 Å². The van der Waals surface area contributed by atoms with Gasteiger partial charge in [0.25, 0.3) is 0 Å². The first-order valence-electron chi connectivity index (χ1n) is 6.60. The first-order valence-corrected chi connectivity index (χ1v) is 6.60. The number of aromatic nitrogens is 2. The molecule has 0 aliphatic rings. The van der Waals surface area contributed by atoms with Crippen molar-refractivity contribution >= 4 is 0 Å². The fraction of sp³-hybridized carbons (Fsp3) is 0.400. The van der Waals surface area contributed by atoms with Gasteiger partial charge in [-0.15, -0.1) is 0 Å². The van der Waals surface area contributed by atoms with Crippen LogP contribution in [0.15, 0.2) is 24.4 Å². The van der Waals surface area contributed by atoms with E-state index in [0.717, 1.165) is 35.2 Å². The van der Waals surface area contributed by atoms with E-state index in [0.29, 0.717) is 0 Å². The predicted octanol–water partition coefficient (Wildman–Crippen LogP) is 3.20. The minimum Gasteiger partial charge on any atom is -0.324 e. The van der Waals surface area contributed by atoms with Crippen LogP contribution in [0.2, 0.25) is 0 Å². The summed E-state index contributed by atoms with van der Waals surface area (Å²) in [7, 11) is 1.88. The van der Waals surface area contributed by atoms with Crippen molar-refractivity contribution in [3.63, 3.8) is 0 Å². The van der Waals surface area contributed by atoms with Gasteiger partial charge >= 0.3 is 0 Å². The van der Waals surface area contributed by atoms with E-state index in [1.807, 2.05) is 20.2 Å². The fourth-order valence-corrected chi connectivity index (χ4v) is 2.34. The molecule has 0 spiro atoms. The van der Waals surface area contributed by atoms with Crippen molar-refractivity contribution < 1.29 is 4.39 Å². The summed E-state index contributed by atoms with van der Waals surface area (Å²) in [5.74, 6) is -0.245. The second kappa shape index (κ2) is 5.53. The maximum absolute atomic E-state index is 13.6. The quantitative estimate of drug-likeness (QED) is 0.918. The topological polar surface area (TPSA) is 43.8 Å². The van der Waals surface area contributed by atoms with Gasteiger partial charge in [-0.2, -0.15) is 5.10 Å². The van der Waals surface area contributed by atoms with Crippen LogP contribution >= 0.6 is 0 Å². The number of hydrogen-bond donors (Lipinski definition) is 1. The van der Waals surface area contributed by atoms with E-state index < -0.39 is 0 Å². The zero-order valence-electron chi connectivity index (χ0n) is 11.7. The van der Waals surface area contributed by atoms with Crippen LogP contribution in [-0.4, -0.2) is 9.78 Å². The Morgan fingerprint density at radius 3 is 2.74 bits per heavy atom. The highest BCUT2D eigenvalue weighted by Gasteiger charge is 2.15. The highest BCUT2D eigenvalue weighted by molar-refractivity contribution is 5.69. The van der Waals surface area contributed by atoms with Crippen molar-refractivity contribution in [1.29, 1.82) is 0 Å². The standard InChI is InChI=1S/C15H20FN3/c1-4-5-15-14(9-19(3)18-15)13-8-11(16)6-7-12(13)10(2)17/h6-10H,4-5,17H2,1-3H3. The van der Waals surface area contributed by atoms with Gasteiger partial charge in [0, 0.05) is 24.8 Å². The van der Waals surface area contributed by atoms with E-state index in [2.05, 4.69) is 12.0 Å². The predicted molar refractivity (Wildman–Crippen MR) is 75.2 cm³/mol. The molecule has 4 heteroatoms. The number of nitrogens with two attached hydrogens (primary N) is 1. The molecule has 2 N–H and O–H groups in total. The summed E-state index contributed by atoms with van der Waals surface area (Å²) in [6.45, 7) is 4.02. The van der Waals surface area contributed by atoms with Crippen LogP contribution in [0.25, 0.3) is 11.1 Å². The summed E-state index contributed by atoms with van der Waals surface area (Å²) < 4.78 is 15.3. The summed E-state index contributed by atoms with van der Waals surface area (Å²) in [6.07, 6.45) is 3.82. The molecule has 0 saturated heterocycles. The first kappa shape index (κ1) is 13.7. The van der Waals surface area contributed by atoms with Gasteiger partial charge < -0.3 is 5.73 Å².